The SMILES string of the molecule is COC(=O)Cc1cc(Cl)c([N+](=O)[O-])cc1Cl. The zero-order chi connectivity index (χ0) is 12.3. The first-order valence-electron chi connectivity index (χ1n) is 4.15. The summed E-state index contributed by atoms with van der Waals surface area (Å²) >= 11 is 11.4. The van der Waals surface area contributed by atoms with Crippen molar-refractivity contribution in [1.82, 2.24) is 0 Å². The van der Waals surface area contributed by atoms with Gasteiger partial charge in [-0.25, -0.2) is 0 Å². The van der Waals surface area contributed by atoms with Gasteiger partial charge in [-0.15, -0.1) is 0 Å². The number of benzene rings is 1. The fourth-order valence-corrected chi connectivity index (χ4v) is 1.56. The second kappa shape index (κ2) is 5.14. The van der Waals surface area contributed by atoms with Crippen LogP contribution in [0.3, 0.4) is 0 Å². The second-order valence-electron chi connectivity index (χ2n) is 2.91. The van der Waals surface area contributed by atoms with Gasteiger partial charge in [0.15, 0.2) is 0 Å². The van der Waals surface area contributed by atoms with Gasteiger partial charge in [0, 0.05) is 6.07 Å². The van der Waals surface area contributed by atoms with E-state index in [2.05, 4.69) is 4.74 Å². The van der Waals surface area contributed by atoms with E-state index in [4.69, 9.17) is 23.2 Å². The molecule has 0 unspecified atom stereocenters. The normalized spacial score (nSPS) is 9.94. The van der Waals surface area contributed by atoms with Crippen LogP contribution >= 0.6 is 23.2 Å². The van der Waals surface area contributed by atoms with Crippen LogP contribution in [0.2, 0.25) is 10.0 Å². The lowest BCUT2D eigenvalue weighted by atomic mass is 10.1. The van der Waals surface area contributed by atoms with Gasteiger partial charge in [0.1, 0.15) is 5.02 Å². The van der Waals surface area contributed by atoms with Crippen LogP contribution in [0.25, 0.3) is 0 Å². The quantitative estimate of drug-likeness (QED) is 0.478. The predicted octanol–water partition coefficient (Wildman–Crippen LogP) is 2.62. The lowest BCUT2D eigenvalue weighted by Gasteiger charge is -2.04. The molecular formula is C9H7Cl2NO4. The van der Waals surface area contributed by atoms with Crippen LogP contribution in [-0.4, -0.2) is 18.0 Å². The molecule has 0 atom stereocenters. The fraction of sp³-hybridized carbons (Fsp3) is 0.222. The number of nitro benzene ring substituents is 1. The van der Waals surface area contributed by atoms with Gasteiger partial charge in [0.25, 0.3) is 5.69 Å². The number of methoxy groups -OCH3 is 1. The Bertz CT molecular complexity index is 447. The van der Waals surface area contributed by atoms with Crippen molar-refractivity contribution in [1.29, 1.82) is 0 Å². The van der Waals surface area contributed by atoms with Crippen LogP contribution in [0.1, 0.15) is 5.56 Å². The van der Waals surface area contributed by atoms with Crippen molar-refractivity contribution in [3.63, 3.8) is 0 Å². The highest BCUT2D eigenvalue weighted by atomic mass is 35.5. The third-order valence-electron chi connectivity index (χ3n) is 1.88. The van der Waals surface area contributed by atoms with Crippen LogP contribution in [0, 0.1) is 10.1 Å². The first-order valence-corrected chi connectivity index (χ1v) is 4.90. The van der Waals surface area contributed by atoms with Crippen molar-refractivity contribution >= 4 is 34.9 Å². The maximum atomic E-state index is 11.0. The molecule has 0 aromatic heterocycles. The highest BCUT2D eigenvalue weighted by Gasteiger charge is 2.17. The van der Waals surface area contributed by atoms with Gasteiger partial charge in [-0.3, -0.25) is 14.9 Å². The van der Waals surface area contributed by atoms with E-state index >= 15 is 0 Å². The van der Waals surface area contributed by atoms with Gasteiger partial charge in [-0.2, -0.15) is 0 Å². The Morgan fingerprint density at radius 3 is 2.56 bits per heavy atom. The van der Waals surface area contributed by atoms with E-state index < -0.39 is 10.9 Å². The molecule has 1 aromatic carbocycles. The monoisotopic (exact) mass is 263 g/mol. The third-order valence-corrected chi connectivity index (χ3v) is 2.53. The van der Waals surface area contributed by atoms with E-state index in [1.54, 1.807) is 0 Å². The van der Waals surface area contributed by atoms with Crippen LogP contribution in [0.4, 0.5) is 5.69 Å². The topological polar surface area (TPSA) is 69.4 Å². The Morgan fingerprint density at radius 1 is 1.44 bits per heavy atom. The summed E-state index contributed by atoms with van der Waals surface area (Å²) in [6.07, 6.45) is -0.0763. The van der Waals surface area contributed by atoms with E-state index in [-0.39, 0.29) is 22.2 Å². The molecular weight excluding hydrogens is 257 g/mol. The molecule has 0 saturated heterocycles. The summed E-state index contributed by atoms with van der Waals surface area (Å²) in [7, 11) is 1.24. The summed E-state index contributed by atoms with van der Waals surface area (Å²) in [5.74, 6) is -0.494. The average Bonchev–Trinajstić information content (AvgIpc) is 2.22. The lowest BCUT2D eigenvalue weighted by molar-refractivity contribution is -0.384. The van der Waals surface area contributed by atoms with Gasteiger partial charge in [-0.05, 0) is 11.6 Å². The second-order valence-corrected chi connectivity index (χ2v) is 3.72. The van der Waals surface area contributed by atoms with Gasteiger partial charge in [0.2, 0.25) is 0 Å². The van der Waals surface area contributed by atoms with Gasteiger partial charge < -0.3 is 4.74 Å². The summed E-state index contributed by atoms with van der Waals surface area (Å²) in [4.78, 5) is 20.9. The first kappa shape index (κ1) is 12.7. The maximum Gasteiger partial charge on any atom is 0.310 e. The van der Waals surface area contributed by atoms with Crippen molar-refractivity contribution < 1.29 is 14.5 Å². The highest BCUT2D eigenvalue weighted by molar-refractivity contribution is 6.35. The van der Waals surface area contributed by atoms with Crippen molar-refractivity contribution in [2.75, 3.05) is 7.11 Å². The molecule has 0 fully saturated rings. The van der Waals surface area contributed by atoms with Crippen LogP contribution < -0.4 is 0 Å². The zero-order valence-corrected chi connectivity index (χ0v) is 9.71. The molecule has 0 N–H and O–H groups in total. The summed E-state index contributed by atoms with van der Waals surface area (Å²) in [5, 5.41) is 10.6. The van der Waals surface area contributed by atoms with Crippen molar-refractivity contribution in [2.24, 2.45) is 0 Å². The number of esters is 1. The Labute approximate surface area is 101 Å². The van der Waals surface area contributed by atoms with Crippen LogP contribution in [-0.2, 0) is 16.0 Å². The fourth-order valence-electron chi connectivity index (χ4n) is 1.08. The van der Waals surface area contributed by atoms with Gasteiger partial charge >= 0.3 is 5.97 Å². The standard InChI is InChI=1S/C9H7Cl2NO4/c1-16-9(13)3-5-2-7(11)8(12(14)15)4-6(5)10/h2,4H,3H2,1H3. The molecule has 0 bridgehead atoms. The molecule has 1 aromatic rings. The Hall–Kier alpha value is -1.33. The van der Waals surface area contributed by atoms with E-state index in [1.807, 2.05) is 0 Å². The maximum absolute atomic E-state index is 11.0. The molecule has 7 heteroatoms. The number of nitro groups is 1. The van der Waals surface area contributed by atoms with Crippen molar-refractivity contribution in [3.8, 4) is 0 Å². The molecule has 0 radical (unpaired) electrons. The Kier molecular flexibility index (Phi) is 4.09. The summed E-state index contributed by atoms with van der Waals surface area (Å²) in [5.41, 5.74) is 0.101. The van der Waals surface area contributed by atoms with Crippen molar-refractivity contribution in [2.45, 2.75) is 6.42 Å². The molecule has 1 rings (SSSR count). The molecule has 86 valence electrons. The lowest BCUT2D eigenvalue weighted by Crippen LogP contribution is -2.05. The van der Waals surface area contributed by atoms with E-state index in [0.717, 1.165) is 6.07 Å². The molecule has 0 saturated carbocycles. The van der Waals surface area contributed by atoms with Crippen molar-refractivity contribution in [3.05, 3.63) is 37.9 Å². The zero-order valence-electron chi connectivity index (χ0n) is 8.20. The summed E-state index contributed by atoms with van der Waals surface area (Å²) in [6.45, 7) is 0. The largest absolute Gasteiger partial charge is 0.469 e. The third kappa shape index (κ3) is 2.84. The van der Waals surface area contributed by atoms with Gasteiger partial charge in [0.05, 0.1) is 23.5 Å². The number of rotatable bonds is 3. The molecule has 5 nitrogen and oxygen atoms in total. The number of hydrogen-bond donors (Lipinski definition) is 0. The summed E-state index contributed by atoms with van der Waals surface area (Å²) < 4.78 is 4.45. The minimum Gasteiger partial charge on any atom is -0.469 e. The highest BCUT2D eigenvalue weighted by Crippen LogP contribution is 2.31. The predicted molar refractivity (Wildman–Crippen MR) is 58.8 cm³/mol. The number of carbonyl (C=O) groups is 1. The van der Waals surface area contributed by atoms with Gasteiger partial charge in [-0.1, -0.05) is 23.2 Å². The smallest absolute Gasteiger partial charge is 0.310 e. The van der Waals surface area contributed by atoms with Crippen LogP contribution in [0.15, 0.2) is 12.1 Å². The number of carbonyl (C=O) groups excluding carboxylic acids is 1. The molecule has 0 aliphatic heterocycles. The molecule has 0 heterocycles. The summed E-state index contributed by atoms with van der Waals surface area (Å²) in [6, 6.07) is 2.40. The number of hydrogen-bond acceptors (Lipinski definition) is 4. The minimum atomic E-state index is -0.643. The molecule has 0 spiro atoms. The number of halogens is 2. The average molecular weight is 264 g/mol. The van der Waals surface area contributed by atoms with E-state index in [1.165, 1.54) is 13.2 Å². The van der Waals surface area contributed by atoms with Crippen LogP contribution in [0.5, 0.6) is 0 Å². The number of nitrogens with zero attached hydrogens (tertiary/aromatic N) is 1. The number of ether oxygens (including phenoxy) is 1. The minimum absolute atomic E-state index is 0.0618. The van der Waals surface area contributed by atoms with E-state index in [9.17, 15) is 14.9 Å². The van der Waals surface area contributed by atoms with E-state index in [0.29, 0.717) is 5.56 Å². The Morgan fingerprint density at radius 2 is 2.06 bits per heavy atom. The molecule has 0 aliphatic carbocycles. The molecule has 16 heavy (non-hydrogen) atoms. The first-order chi connectivity index (χ1) is 7.45. The molecule has 0 aliphatic rings. The molecule has 0 amide bonds. The Balaban J connectivity index is 3.10.